The molecule has 0 bridgehead atoms. The molecule has 0 atom stereocenters. The lowest BCUT2D eigenvalue weighted by molar-refractivity contribution is 0.102. The van der Waals surface area contributed by atoms with Gasteiger partial charge in [-0.2, -0.15) is 8.42 Å². The van der Waals surface area contributed by atoms with Crippen LogP contribution in [0.5, 0.6) is 0 Å². The summed E-state index contributed by atoms with van der Waals surface area (Å²) in [4.78, 5) is 11.9. The Balaban J connectivity index is 0.00000242. The average molecular weight is 321 g/mol. The molecule has 2 aromatic rings. The molecule has 0 aliphatic carbocycles. The van der Waals surface area contributed by atoms with E-state index < -0.39 is 10.1 Å². The summed E-state index contributed by atoms with van der Waals surface area (Å²) in [6.45, 7) is 3.48. The number of benzene rings is 2. The van der Waals surface area contributed by atoms with E-state index in [1.54, 1.807) is 19.1 Å². The molecule has 2 rings (SSSR count). The molecule has 2 aromatic carbocycles. The normalized spacial score (nSPS) is 10.7. The second-order valence-corrected chi connectivity index (χ2v) is 6.17. The predicted octanol–water partition coefficient (Wildman–Crippen LogP) is 3.44. The monoisotopic (exact) mass is 321 g/mol. The van der Waals surface area contributed by atoms with E-state index in [0.29, 0.717) is 16.8 Å². The van der Waals surface area contributed by atoms with Crippen LogP contribution in [-0.4, -0.2) is 18.9 Å². The van der Waals surface area contributed by atoms with Gasteiger partial charge in [0.15, 0.2) is 0 Å². The smallest absolute Gasteiger partial charge is 0.294 e. The van der Waals surface area contributed by atoms with Crippen LogP contribution in [0.4, 0.5) is 5.69 Å². The molecule has 0 spiro atoms. The number of carbonyl (C=O) groups excluding carboxylic acids is 1. The Kier molecular flexibility index (Phi) is 5.46. The maximum Gasteiger partial charge on any atom is 0.294 e. The van der Waals surface area contributed by atoms with Gasteiger partial charge in [0.1, 0.15) is 0 Å². The van der Waals surface area contributed by atoms with Gasteiger partial charge >= 0.3 is 0 Å². The molecule has 0 radical (unpaired) electrons. The zero-order chi connectivity index (χ0) is 15.6. The molecule has 5 nitrogen and oxygen atoms in total. The number of nitrogens with one attached hydrogen (secondary N) is 1. The van der Waals surface area contributed by atoms with Gasteiger partial charge in [-0.3, -0.25) is 9.35 Å². The van der Waals surface area contributed by atoms with Gasteiger partial charge in [0.25, 0.3) is 16.0 Å². The summed E-state index contributed by atoms with van der Waals surface area (Å²) in [7, 11) is -4.25. The standard InChI is InChI=1S/C15H15NO4S.CH4/c1-10-3-5-12(6-4-10)15(17)16-13-7-8-14(11(2)9-13)21(18,19)20;/h3-9H,1-2H3,(H,16,17)(H,18,19,20);1H4. The van der Waals surface area contributed by atoms with Gasteiger partial charge in [0.2, 0.25) is 0 Å². The molecule has 0 aliphatic heterocycles. The van der Waals surface area contributed by atoms with Gasteiger partial charge in [-0.05, 0) is 49.7 Å². The fourth-order valence-electron chi connectivity index (χ4n) is 1.92. The fourth-order valence-corrected chi connectivity index (χ4v) is 2.63. The van der Waals surface area contributed by atoms with Crippen LogP contribution in [-0.2, 0) is 10.1 Å². The number of hydrogen-bond acceptors (Lipinski definition) is 3. The van der Waals surface area contributed by atoms with E-state index in [0.717, 1.165) is 5.56 Å². The van der Waals surface area contributed by atoms with Crippen molar-refractivity contribution in [1.82, 2.24) is 0 Å². The van der Waals surface area contributed by atoms with Crippen LogP contribution in [0.15, 0.2) is 47.4 Å². The molecule has 0 saturated heterocycles. The third-order valence-corrected chi connectivity index (χ3v) is 4.04. The molecule has 0 aliphatic rings. The molecule has 0 unspecified atom stereocenters. The van der Waals surface area contributed by atoms with E-state index >= 15 is 0 Å². The molecule has 2 N–H and O–H groups in total. The van der Waals surface area contributed by atoms with Gasteiger partial charge in [-0.25, -0.2) is 0 Å². The summed E-state index contributed by atoms with van der Waals surface area (Å²) in [6.07, 6.45) is 0. The van der Waals surface area contributed by atoms with Crippen LogP contribution >= 0.6 is 0 Å². The molecule has 118 valence electrons. The van der Waals surface area contributed by atoms with E-state index in [1.165, 1.54) is 18.2 Å². The Bertz CT molecular complexity index is 780. The Morgan fingerprint density at radius 2 is 1.64 bits per heavy atom. The number of carbonyl (C=O) groups is 1. The summed E-state index contributed by atoms with van der Waals surface area (Å²) in [5.41, 5.74) is 2.39. The highest BCUT2D eigenvalue weighted by atomic mass is 32.2. The highest BCUT2D eigenvalue weighted by Crippen LogP contribution is 2.20. The van der Waals surface area contributed by atoms with Crippen molar-refractivity contribution in [2.75, 3.05) is 5.32 Å². The Labute approximate surface area is 130 Å². The zero-order valence-electron chi connectivity index (χ0n) is 11.6. The number of anilines is 1. The van der Waals surface area contributed by atoms with Crippen molar-refractivity contribution in [3.05, 3.63) is 59.2 Å². The maximum absolute atomic E-state index is 12.0. The van der Waals surface area contributed by atoms with Crippen molar-refractivity contribution < 1.29 is 17.8 Å². The van der Waals surface area contributed by atoms with Crippen LogP contribution in [0.2, 0.25) is 0 Å². The number of amides is 1. The Morgan fingerprint density at radius 1 is 1.05 bits per heavy atom. The topological polar surface area (TPSA) is 83.5 Å². The zero-order valence-corrected chi connectivity index (χ0v) is 12.4. The number of hydrogen-bond donors (Lipinski definition) is 2. The highest BCUT2D eigenvalue weighted by Gasteiger charge is 2.14. The Hall–Kier alpha value is -2.18. The van der Waals surface area contributed by atoms with Crippen molar-refractivity contribution in [1.29, 1.82) is 0 Å². The van der Waals surface area contributed by atoms with E-state index in [9.17, 15) is 13.2 Å². The van der Waals surface area contributed by atoms with Gasteiger partial charge in [0, 0.05) is 11.3 Å². The lowest BCUT2D eigenvalue weighted by Crippen LogP contribution is -2.12. The van der Waals surface area contributed by atoms with Crippen molar-refractivity contribution in [3.8, 4) is 0 Å². The molecular formula is C16H19NO4S. The first-order chi connectivity index (χ1) is 9.77. The first-order valence-electron chi connectivity index (χ1n) is 6.23. The van der Waals surface area contributed by atoms with Crippen LogP contribution in [0.1, 0.15) is 28.9 Å². The number of aryl methyl sites for hydroxylation is 2. The first kappa shape index (κ1) is 17.9. The van der Waals surface area contributed by atoms with E-state index in [-0.39, 0.29) is 18.2 Å². The van der Waals surface area contributed by atoms with Crippen molar-refractivity contribution in [2.24, 2.45) is 0 Å². The third-order valence-electron chi connectivity index (χ3n) is 3.02. The van der Waals surface area contributed by atoms with Gasteiger partial charge in [-0.15, -0.1) is 0 Å². The quantitative estimate of drug-likeness (QED) is 0.848. The lowest BCUT2D eigenvalue weighted by atomic mass is 10.1. The highest BCUT2D eigenvalue weighted by molar-refractivity contribution is 7.85. The summed E-state index contributed by atoms with van der Waals surface area (Å²) in [6, 6.07) is 11.3. The van der Waals surface area contributed by atoms with E-state index in [1.807, 2.05) is 19.1 Å². The summed E-state index contributed by atoms with van der Waals surface area (Å²) >= 11 is 0. The fraction of sp³-hybridized carbons (Fsp3) is 0.188. The molecular weight excluding hydrogens is 302 g/mol. The second-order valence-electron chi connectivity index (χ2n) is 4.78. The van der Waals surface area contributed by atoms with Crippen LogP contribution in [0.3, 0.4) is 0 Å². The SMILES string of the molecule is C.Cc1ccc(C(=O)Nc2ccc(S(=O)(=O)O)c(C)c2)cc1. The van der Waals surface area contributed by atoms with Crippen molar-refractivity contribution in [3.63, 3.8) is 0 Å². The van der Waals surface area contributed by atoms with Crippen LogP contribution in [0, 0.1) is 13.8 Å². The minimum absolute atomic E-state index is 0. The minimum Gasteiger partial charge on any atom is -0.322 e. The Morgan fingerprint density at radius 3 is 2.14 bits per heavy atom. The molecule has 22 heavy (non-hydrogen) atoms. The summed E-state index contributed by atoms with van der Waals surface area (Å²) in [5, 5.41) is 2.68. The number of rotatable bonds is 3. The van der Waals surface area contributed by atoms with Crippen LogP contribution in [0.25, 0.3) is 0 Å². The average Bonchev–Trinajstić information content (AvgIpc) is 2.37. The molecule has 1 amide bonds. The van der Waals surface area contributed by atoms with Crippen LogP contribution < -0.4 is 5.32 Å². The van der Waals surface area contributed by atoms with Crippen molar-refractivity contribution >= 4 is 21.7 Å². The molecule has 0 heterocycles. The first-order valence-corrected chi connectivity index (χ1v) is 7.67. The predicted molar refractivity (Wildman–Crippen MR) is 86.9 cm³/mol. The largest absolute Gasteiger partial charge is 0.322 e. The van der Waals surface area contributed by atoms with Gasteiger partial charge < -0.3 is 5.32 Å². The molecule has 0 fully saturated rings. The minimum atomic E-state index is -4.25. The van der Waals surface area contributed by atoms with Gasteiger partial charge in [-0.1, -0.05) is 25.1 Å². The molecule has 0 saturated carbocycles. The third kappa shape index (κ3) is 4.16. The van der Waals surface area contributed by atoms with Crippen molar-refractivity contribution in [2.45, 2.75) is 26.2 Å². The molecule has 6 heteroatoms. The second kappa shape index (κ2) is 6.72. The van der Waals surface area contributed by atoms with Gasteiger partial charge in [0.05, 0.1) is 4.90 Å². The molecule has 0 aromatic heterocycles. The maximum atomic E-state index is 12.0. The van der Waals surface area contributed by atoms with E-state index in [2.05, 4.69) is 5.32 Å². The van der Waals surface area contributed by atoms with E-state index in [4.69, 9.17) is 4.55 Å². The lowest BCUT2D eigenvalue weighted by Gasteiger charge is -2.08. The summed E-state index contributed by atoms with van der Waals surface area (Å²) < 4.78 is 31.2. The summed E-state index contributed by atoms with van der Waals surface area (Å²) in [5.74, 6) is -0.283.